The highest BCUT2D eigenvalue weighted by Gasteiger charge is 2.26. The van der Waals surface area contributed by atoms with Crippen molar-refractivity contribution >= 4 is 12.0 Å². The van der Waals surface area contributed by atoms with Gasteiger partial charge in [0.2, 0.25) is 5.91 Å². The van der Waals surface area contributed by atoms with Gasteiger partial charge in [0.15, 0.2) is 0 Å². The number of amides is 1. The first kappa shape index (κ1) is 20.1. The summed E-state index contributed by atoms with van der Waals surface area (Å²) in [5.74, 6) is 1.39. The van der Waals surface area contributed by atoms with Crippen molar-refractivity contribution in [2.24, 2.45) is 0 Å². The quantitative estimate of drug-likeness (QED) is 0.688. The van der Waals surface area contributed by atoms with Gasteiger partial charge in [0.05, 0.1) is 6.04 Å². The molecule has 2 heterocycles. The van der Waals surface area contributed by atoms with E-state index in [-0.39, 0.29) is 17.7 Å². The fourth-order valence-corrected chi connectivity index (χ4v) is 3.34. The smallest absolute Gasteiger partial charge is 0.387 e. The summed E-state index contributed by atoms with van der Waals surface area (Å²) in [6.45, 7) is 1.32. The summed E-state index contributed by atoms with van der Waals surface area (Å²) in [6, 6.07) is 10.2. The summed E-state index contributed by atoms with van der Waals surface area (Å²) in [4.78, 5) is 14.6. The number of carbonyl (C=O) groups excluding carboxylic acids is 1. The number of carbonyl (C=O) groups is 1. The van der Waals surface area contributed by atoms with E-state index in [2.05, 4.69) is 15.0 Å². The first-order chi connectivity index (χ1) is 13.5. The molecule has 1 aromatic heterocycles. The Hall–Kier alpha value is -2.67. The molecule has 28 heavy (non-hydrogen) atoms. The molecule has 3 rings (SSSR count). The maximum Gasteiger partial charge on any atom is 0.387 e. The van der Waals surface area contributed by atoms with E-state index in [1.807, 2.05) is 19.1 Å². The molecule has 1 aliphatic heterocycles. The lowest BCUT2D eigenvalue weighted by Gasteiger charge is -2.25. The lowest BCUT2D eigenvalue weighted by Crippen LogP contribution is -2.36. The van der Waals surface area contributed by atoms with Gasteiger partial charge in [0.25, 0.3) is 0 Å². The van der Waals surface area contributed by atoms with Crippen molar-refractivity contribution in [3.05, 3.63) is 59.6 Å². The van der Waals surface area contributed by atoms with Crippen LogP contribution in [0.15, 0.2) is 46.9 Å². The normalized spacial score (nSPS) is 16.0. The molecule has 1 unspecified atom stereocenters. The average Bonchev–Trinajstić information content (AvgIpc) is 3.33. The van der Waals surface area contributed by atoms with E-state index >= 15 is 0 Å². The topological polar surface area (TPSA) is 54.7 Å². The summed E-state index contributed by atoms with van der Waals surface area (Å²) in [5, 5.41) is 2.88. The Kier molecular flexibility index (Phi) is 6.81. The number of para-hydroxylation sites is 1. The molecular weight excluding hydrogens is 366 g/mol. The minimum absolute atomic E-state index is 0.0250. The number of aryl methyl sites for hydroxylation is 1. The zero-order chi connectivity index (χ0) is 19.9. The van der Waals surface area contributed by atoms with Gasteiger partial charge < -0.3 is 14.5 Å². The van der Waals surface area contributed by atoms with Gasteiger partial charge in [-0.1, -0.05) is 18.2 Å². The summed E-state index contributed by atoms with van der Waals surface area (Å²) in [5.41, 5.74) is 0.413. The Morgan fingerprint density at radius 1 is 1.25 bits per heavy atom. The molecule has 1 aliphatic rings. The molecule has 0 spiro atoms. The van der Waals surface area contributed by atoms with E-state index in [0.29, 0.717) is 12.1 Å². The lowest BCUT2D eigenvalue weighted by molar-refractivity contribution is -0.116. The fourth-order valence-electron chi connectivity index (χ4n) is 3.34. The highest BCUT2D eigenvalue weighted by molar-refractivity contribution is 5.92. The molecule has 0 bridgehead atoms. The van der Waals surface area contributed by atoms with E-state index in [1.54, 1.807) is 18.2 Å². The van der Waals surface area contributed by atoms with Crippen molar-refractivity contribution in [2.75, 3.05) is 19.6 Å². The number of nitrogens with one attached hydrogen (secondary N) is 1. The second kappa shape index (κ2) is 9.50. The molecule has 5 nitrogen and oxygen atoms in total. The van der Waals surface area contributed by atoms with Crippen molar-refractivity contribution < 1.29 is 22.7 Å². The largest absolute Gasteiger partial charge is 0.465 e. The average molecular weight is 390 g/mol. The molecule has 1 atom stereocenters. The number of halogens is 2. The Morgan fingerprint density at radius 3 is 2.68 bits per heavy atom. The first-order valence-corrected chi connectivity index (χ1v) is 9.33. The minimum Gasteiger partial charge on any atom is -0.465 e. The fraction of sp³-hybridized carbons (Fsp3) is 0.381. The van der Waals surface area contributed by atoms with Crippen LogP contribution in [-0.2, 0) is 4.79 Å². The molecular formula is C21H24F2N2O3. The highest BCUT2D eigenvalue weighted by atomic mass is 19.3. The number of furan rings is 1. The van der Waals surface area contributed by atoms with Crippen LogP contribution in [-0.4, -0.2) is 37.1 Å². The molecule has 7 heteroatoms. The number of likely N-dealkylation sites (tertiary alicyclic amines) is 1. The molecule has 150 valence electrons. The van der Waals surface area contributed by atoms with Gasteiger partial charge in [-0.25, -0.2) is 0 Å². The van der Waals surface area contributed by atoms with Crippen molar-refractivity contribution in [1.82, 2.24) is 10.2 Å². The molecule has 1 fully saturated rings. The van der Waals surface area contributed by atoms with Crippen LogP contribution in [0.5, 0.6) is 5.75 Å². The summed E-state index contributed by atoms with van der Waals surface area (Å²) in [6.07, 6.45) is 5.05. The monoisotopic (exact) mass is 390 g/mol. The SMILES string of the molecule is Cc1ccc(C(CNC(=O)/C=C/c2ccccc2OC(F)F)N2CCCC2)o1. The molecule has 1 saturated heterocycles. The molecule has 2 aromatic rings. The van der Waals surface area contributed by atoms with E-state index in [1.165, 1.54) is 18.2 Å². The third-order valence-electron chi connectivity index (χ3n) is 4.69. The second-order valence-electron chi connectivity index (χ2n) is 6.70. The van der Waals surface area contributed by atoms with E-state index < -0.39 is 6.61 Å². The molecule has 0 saturated carbocycles. The lowest BCUT2D eigenvalue weighted by atomic mass is 10.1. The number of rotatable bonds is 8. The molecule has 0 radical (unpaired) electrons. The number of alkyl halides is 2. The zero-order valence-corrected chi connectivity index (χ0v) is 15.7. The van der Waals surface area contributed by atoms with E-state index in [4.69, 9.17) is 4.42 Å². The van der Waals surface area contributed by atoms with Crippen LogP contribution in [0.4, 0.5) is 8.78 Å². The van der Waals surface area contributed by atoms with Gasteiger partial charge in [-0.3, -0.25) is 9.69 Å². The van der Waals surface area contributed by atoms with Crippen LogP contribution in [0.2, 0.25) is 0 Å². The number of hydrogen-bond acceptors (Lipinski definition) is 4. The predicted octanol–water partition coefficient (Wildman–Crippen LogP) is 4.16. The third-order valence-corrected chi connectivity index (χ3v) is 4.69. The number of ether oxygens (including phenoxy) is 1. The maximum absolute atomic E-state index is 12.5. The standard InChI is InChI=1S/C21H24F2N2O3/c1-15-8-10-19(27-15)17(25-12-4-5-13-25)14-24-20(26)11-9-16-6-2-3-7-18(16)28-21(22)23/h2-3,6-11,17,21H,4-5,12-14H2,1H3,(H,24,26)/b11-9+. The summed E-state index contributed by atoms with van der Waals surface area (Å²) in [7, 11) is 0. The van der Waals surface area contributed by atoms with Crippen LogP contribution >= 0.6 is 0 Å². The van der Waals surface area contributed by atoms with E-state index in [9.17, 15) is 13.6 Å². The van der Waals surface area contributed by atoms with Crippen LogP contribution < -0.4 is 10.1 Å². The van der Waals surface area contributed by atoms with Gasteiger partial charge in [-0.15, -0.1) is 0 Å². The van der Waals surface area contributed by atoms with Crippen molar-refractivity contribution in [3.8, 4) is 5.75 Å². The number of benzene rings is 1. The van der Waals surface area contributed by atoms with Gasteiger partial charge in [0.1, 0.15) is 17.3 Å². The Morgan fingerprint density at radius 2 is 2.00 bits per heavy atom. The Bertz CT molecular complexity index is 813. The van der Waals surface area contributed by atoms with Crippen molar-refractivity contribution in [1.29, 1.82) is 0 Å². The van der Waals surface area contributed by atoms with Gasteiger partial charge in [0, 0.05) is 18.2 Å². The molecule has 1 N–H and O–H groups in total. The Balaban J connectivity index is 1.63. The summed E-state index contributed by atoms with van der Waals surface area (Å²) < 4.78 is 35.2. The van der Waals surface area contributed by atoms with Crippen LogP contribution in [0.1, 0.15) is 36.0 Å². The zero-order valence-electron chi connectivity index (χ0n) is 15.7. The van der Waals surface area contributed by atoms with Crippen molar-refractivity contribution in [2.45, 2.75) is 32.4 Å². The van der Waals surface area contributed by atoms with E-state index in [0.717, 1.165) is 37.5 Å². The van der Waals surface area contributed by atoms with Gasteiger partial charge in [-0.05, 0) is 57.1 Å². The molecule has 0 aliphatic carbocycles. The minimum atomic E-state index is -2.92. The highest BCUT2D eigenvalue weighted by Crippen LogP contribution is 2.26. The second-order valence-corrected chi connectivity index (χ2v) is 6.70. The van der Waals surface area contributed by atoms with Crippen LogP contribution in [0.3, 0.4) is 0 Å². The third kappa shape index (κ3) is 5.42. The molecule has 1 aromatic carbocycles. The molecule has 1 amide bonds. The number of hydrogen-bond donors (Lipinski definition) is 1. The van der Waals surface area contributed by atoms with Crippen LogP contribution in [0, 0.1) is 6.92 Å². The van der Waals surface area contributed by atoms with Crippen molar-refractivity contribution in [3.63, 3.8) is 0 Å². The summed E-state index contributed by atoms with van der Waals surface area (Å²) >= 11 is 0. The van der Waals surface area contributed by atoms with Gasteiger partial charge >= 0.3 is 6.61 Å². The first-order valence-electron chi connectivity index (χ1n) is 9.33. The number of nitrogens with zero attached hydrogens (tertiary/aromatic N) is 1. The van der Waals surface area contributed by atoms with Gasteiger partial charge in [-0.2, -0.15) is 8.78 Å². The maximum atomic E-state index is 12.5. The Labute approximate surface area is 163 Å². The predicted molar refractivity (Wildman–Crippen MR) is 102 cm³/mol. The van der Waals surface area contributed by atoms with Crippen LogP contribution in [0.25, 0.3) is 6.08 Å².